The molecule has 1 saturated heterocycles. The summed E-state index contributed by atoms with van der Waals surface area (Å²) in [4.78, 5) is 0.120. The second-order valence-electron chi connectivity index (χ2n) is 4.15. The maximum absolute atomic E-state index is 12.4. The van der Waals surface area contributed by atoms with Crippen molar-refractivity contribution in [3.63, 3.8) is 0 Å². The summed E-state index contributed by atoms with van der Waals surface area (Å²) in [6.45, 7) is 2.92. The van der Waals surface area contributed by atoms with Crippen LogP contribution in [0.4, 0.5) is 0 Å². The van der Waals surface area contributed by atoms with Gasteiger partial charge < -0.3 is 4.74 Å². The van der Waals surface area contributed by atoms with Crippen molar-refractivity contribution in [2.45, 2.75) is 17.9 Å². The second kappa shape index (κ2) is 5.35. The Morgan fingerprint density at radius 1 is 1.28 bits per heavy atom. The number of sulfonamides is 1. The average molecular weight is 310 g/mol. The topological polar surface area (TPSA) is 46.6 Å². The molecule has 18 heavy (non-hydrogen) atoms. The third-order valence-electron chi connectivity index (χ3n) is 2.68. The quantitative estimate of drug-likeness (QED) is 0.843. The molecule has 0 spiro atoms. The lowest BCUT2D eigenvalue weighted by Gasteiger charge is -2.30. The highest BCUT2D eigenvalue weighted by Gasteiger charge is 2.29. The highest BCUT2D eigenvalue weighted by molar-refractivity contribution is 7.89. The molecule has 1 aromatic carbocycles. The molecule has 4 nitrogen and oxygen atoms in total. The molecule has 1 atom stereocenters. The van der Waals surface area contributed by atoms with Crippen LogP contribution in [-0.2, 0) is 14.8 Å². The molecular weight excluding hydrogens is 297 g/mol. The highest BCUT2D eigenvalue weighted by atomic mass is 35.5. The van der Waals surface area contributed by atoms with Gasteiger partial charge in [-0.2, -0.15) is 4.31 Å². The van der Waals surface area contributed by atoms with Crippen molar-refractivity contribution >= 4 is 33.2 Å². The second-order valence-corrected chi connectivity index (χ2v) is 6.96. The average Bonchev–Trinajstić information content (AvgIpc) is 2.27. The van der Waals surface area contributed by atoms with Crippen molar-refractivity contribution in [1.29, 1.82) is 0 Å². The largest absolute Gasteiger partial charge is 0.376 e. The summed E-state index contributed by atoms with van der Waals surface area (Å²) in [5.41, 5.74) is 0. The van der Waals surface area contributed by atoms with Gasteiger partial charge in [0.25, 0.3) is 0 Å². The predicted molar refractivity (Wildman–Crippen MR) is 70.6 cm³/mol. The van der Waals surface area contributed by atoms with Gasteiger partial charge in [-0.1, -0.05) is 23.2 Å². The van der Waals surface area contributed by atoms with Crippen LogP contribution in [0.1, 0.15) is 6.92 Å². The molecule has 1 heterocycles. The molecule has 0 amide bonds. The monoisotopic (exact) mass is 309 g/mol. The summed E-state index contributed by atoms with van der Waals surface area (Å²) < 4.78 is 31.5. The van der Waals surface area contributed by atoms with Crippen LogP contribution in [0.2, 0.25) is 10.0 Å². The molecular formula is C11H13Cl2NO3S. The zero-order chi connectivity index (χ0) is 13.3. The third kappa shape index (κ3) is 2.97. The SMILES string of the molecule is C[C@H]1CN(S(=O)(=O)c2cc(Cl)cc(Cl)c2)CCO1. The lowest BCUT2D eigenvalue weighted by Crippen LogP contribution is -2.44. The highest BCUT2D eigenvalue weighted by Crippen LogP contribution is 2.25. The fourth-order valence-corrected chi connectivity index (χ4v) is 4.06. The van der Waals surface area contributed by atoms with Gasteiger partial charge >= 0.3 is 0 Å². The zero-order valence-corrected chi connectivity index (χ0v) is 12.1. The van der Waals surface area contributed by atoms with Crippen LogP contribution in [0.5, 0.6) is 0 Å². The first kappa shape index (κ1) is 14.1. The van der Waals surface area contributed by atoms with Crippen LogP contribution in [0.15, 0.2) is 23.1 Å². The minimum absolute atomic E-state index is 0.108. The van der Waals surface area contributed by atoms with E-state index >= 15 is 0 Å². The Kier molecular flexibility index (Phi) is 4.18. The van der Waals surface area contributed by atoms with Crippen LogP contribution in [0.25, 0.3) is 0 Å². The first-order valence-corrected chi connectivity index (χ1v) is 7.67. The standard InChI is InChI=1S/C11H13Cl2NO3S/c1-8-7-14(2-3-17-8)18(15,16)11-5-9(12)4-10(13)6-11/h4-6,8H,2-3,7H2,1H3/t8-/m0/s1. The van der Waals surface area contributed by atoms with Crippen LogP contribution < -0.4 is 0 Å². The van der Waals surface area contributed by atoms with Crippen molar-refractivity contribution < 1.29 is 13.2 Å². The van der Waals surface area contributed by atoms with Gasteiger partial charge in [-0.15, -0.1) is 0 Å². The summed E-state index contributed by atoms with van der Waals surface area (Å²) in [5, 5.41) is 0.616. The molecule has 0 radical (unpaired) electrons. The Labute approximate surface area is 116 Å². The zero-order valence-electron chi connectivity index (χ0n) is 9.77. The van der Waals surface area contributed by atoms with Crippen molar-refractivity contribution in [1.82, 2.24) is 4.31 Å². The normalized spacial score (nSPS) is 22.1. The summed E-state index contributed by atoms with van der Waals surface area (Å²) in [7, 11) is -3.56. The number of halogens is 2. The van der Waals surface area contributed by atoms with Crippen LogP contribution in [-0.4, -0.2) is 38.5 Å². The van der Waals surface area contributed by atoms with Gasteiger partial charge in [0, 0.05) is 23.1 Å². The maximum atomic E-state index is 12.4. The fraction of sp³-hybridized carbons (Fsp3) is 0.455. The Morgan fingerprint density at radius 3 is 2.44 bits per heavy atom. The Hall–Kier alpha value is -0.330. The van der Waals surface area contributed by atoms with Gasteiger partial charge in [0.05, 0.1) is 17.6 Å². The van der Waals surface area contributed by atoms with E-state index in [1.54, 1.807) is 0 Å². The number of hydrogen-bond donors (Lipinski definition) is 0. The van der Waals surface area contributed by atoms with Crippen molar-refractivity contribution in [2.75, 3.05) is 19.7 Å². The van der Waals surface area contributed by atoms with E-state index < -0.39 is 10.0 Å². The van der Waals surface area contributed by atoms with Crippen LogP contribution in [0, 0.1) is 0 Å². The minimum Gasteiger partial charge on any atom is -0.376 e. The molecule has 2 rings (SSSR count). The van der Waals surface area contributed by atoms with Crippen molar-refractivity contribution in [3.05, 3.63) is 28.2 Å². The molecule has 1 fully saturated rings. The van der Waals surface area contributed by atoms with E-state index in [9.17, 15) is 8.42 Å². The smallest absolute Gasteiger partial charge is 0.243 e. The summed E-state index contributed by atoms with van der Waals surface area (Å²) in [6.07, 6.45) is -0.108. The molecule has 1 aliphatic rings. The van der Waals surface area contributed by atoms with Gasteiger partial charge in [0.2, 0.25) is 10.0 Å². The van der Waals surface area contributed by atoms with Gasteiger partial charge in [-0.25, -0.2) is 8.42 Å². The minimum atomic E-state index is -3.56. The summed E-state index contributed by atoms with van der Waals surface area (Å²) in [6, 6.07) is 4.32. The first-order valence-electron chi connectivity index (χ1n) is 5.47. The fourth-order valence-electron chi connectivity index (χ4n) is 1.83. The van der Waals surface area contributed by atoms with Crippen LogP contribution in [0.3, 0.4) is 0 Å². The van der Waals surface area contributed by atoms with Crippen LogP contribution >= 0.6 is 23.2 Å². The Bertz CT molecular complexity index is 527. The number of morpholine rings is 1. The molecule has 1 aliphatic heterocycles. The number of benzene rings is 1. The van der Waals surface area contributed by atoms with E-state index in [1.165, 1.54) is 22.5 Å². The number of hydrogen-bond acceptors (Lipinski definition) is 3. The lowest BCUT2D eigenvalue weighted by atomic mass is 10.3. The number of nitrogens with zero attached hydrogens (tertiary/aromatic N) is 1. The lowest BCUT2D eigenvalue weighted by molar-refractivity contribution is 0.0102. The Morgan fingerprint density at radius 2 is 1.89 bits per heavy atom. The van der Waals surface area contributed by atoms with E-state index in [0.717, 1.165) is 0 Å². The van der Waals surface area contributed by atoms with Crippen molar-refractivity contribution in [3.8, 4) is 0 Å². The van der Waals surface area contributed by atoms with E-state index in [-0.39, 0.29) is 11.0 Å². The molecule has 0 aliphatic carbocycles. The summed E-state index contributed by atoms with van der Waals surface area (Å²) in [5.74, 6) is 0. The number of ether oxygens (including phenoxy) is 1. The molecule has 0 saturated carbocycles. The molecule has 0 N–H and O–H groups in total. The van der Waals surface area contributed by atoms with Gasteiger partial charge in [-0.3, -0.25) is 0 Å². The Balaban J connectivity index is 2.35. The van der Waals surface area contributed by atoms with Crippen molar-refractivity contribution in [2.24, 2.45) is 0 Å². The van der Waals surface area contributed by atoms with E-state index in [4.69, 9.17) is 27.9 Å². The molecule has 0 aromatic heterocycles. The maximum Gasteiger partial charge on any atom is 0.243 e. The molecule has 0 unspecified atom stereocenters. The molecule has 1 aromatic rings. The summed E-state index contributed by atoms with van der Waals surface area (Å²) >= 11 is 11.7. The van der Waals surface area contributed by atoms with E-state index in [0.29, 0.717) is 29.7 Å². The number of rotatable bonds is 2. The van der Waals surface area contributed by atoms with Gasteiger partial charge in [0.1, 0.15) is 0 Å². The molecule has 7 heteroatoms. The predicted octanol–water partition coefficient (Wildman–Crippen LogP) is 2.40. The van der Waals surface area contributed by atoms with E-state index in [2.05, 4.69) is 0 Å². The molecule has 0 bridgehead atoms. The van der Waals surface area contributed by atoms with E-state index in [1.807, 2.05) is 6.92 Å². The van der Waals surface area contributed by atoms with Gasteiger partial charge in [0.15, 0.2) is 0 Å². The van der Waals surface area contributed by atoms with Gasteiger partial charge in [-0.05, 0) is 25.1 Å². The molecule has 100 valence electrons. The third-order valence-corrected chi connectivity index (χ3v) is 4.96. The first-order chi connectivity index (χ1) is 8.39.